The normalized spacial score (nSPS) is 15.0. The Bertz CT molecular complexity index is 968. The van der Waals surface area contributed by atoms with Gasteiger partial charge < -0.3 is 10.1 Å². The number of amides is 2. The standard InChI is InChI=1S/C19H18Cl2N4O3/c1-10-4-5-12(22-11(2)26)6-16(10)23-17-9-18(27)25(24-17)19-14(20)7-13(28-3)8-15(19)21/h4-8H,9H2,1-3H3,(H,22,26)(H,23,24). The molecule has 3 rings (SSSR count). The first-order valence-corrected chi connectivity index (χ1v) is 9.12. The molecule has 2 N–H and O–H groups in total. The summed E-state index contributed by atoms with van der Waals surface area (Å²) in [5.74, 6) is 0.510. The predicted octanol–water partition coefficient (Wildman–Crippen LogP) is 4.24. The van der Waals surface area contributed by atoms with E-state index >= 15 is 0 Å². The molecule has 0 spiro atoms. The van der Waals surface area contributed by atoms with E-state index in [0.29, 0.717) is 28.6 Å². The van der Waals surface area contributed by atoms with E-state index in [1.807, 2.05) is 13.0 Å². The summed E-state index contributed by atoms with van der Waals surface area (Å²) in [5.41, 5.74) is 5.44. The first-order valence-electron chi connectivity index (χ1n) is 8.37. The molecule has 0 bridgehead atoms. The molecule has 0 atom stereocenters. The zero-order chi connectivity index (χ0) is 20.4. The van der Waals surface area contributed by atoms with Crippen LogP contribution in [0.1, 0.15) is 18.9 Å². The third-order valence-corrected chi connectivity index (χ3v) is 4.62. The Kier molecular flexibility index (Phi) is 5.76. The molecule has 7 nitrogen and oxygen atoms in total. The van der Waals surface area contributed by atoms with Crippen LogP contribution in [-0.4, -0.2) is 24.8 Å². The van der Waals surface area contributed by atoms with E-state index in [2.05, 4.69) is 15.7 Å². The van der Waals surface area contributed by atoms with Crippen molar-refractivity contribution in [2.24, 2.45) is 4.99 Å². The molecule has 1 fully saturated rings. The molecule has 0 aliphatic carbocycles. The molecule has 1 saturated heterocycles. The fraction of sp³-hybridized carbons (Fsp3) is 0.211. The van der Waals surface area contributed by atoms with Gasteiger partial charge in [-0.05, 0) is 24.6 Å². The molecule has 1 aliphatic rings. The summed E-state index contributed by atoms with van der Waals surface area (Å²) in [4.78, 5) is 28.3. The van der Waals surface area contributed by atoms with Crippen LogP contribution < -0.4 is 20.5 Å². The topological polar surface area (TPSA) is 83.0 Å². The molecule has 1 aliphatic heterocycles. The molecule has 1 heterocycles. The maximum absolute atomic E-state index is 12.5. The van der Waals surface area contributed by atoms with E-state index in [1.165, 1.54) is 19.0 Å². The molecule has 0 saturated carbocycles. The van der Waals surface area contributed by atoms with Crippen LogP contribution in [-0.2, 0) is 9.59 Å². The Morgan fingerprint density at radius 3 is 2.54 bits per heavy atom. The van der Waals surface area contributed by atoms with Gasteiger partial charge >= 0.3 is 0 Å². The number of hydrazine groups is 1. The monoisotopic (exact) mass is 420 g/mol. The average Bonchev–Trinajstić information content (AvgIpc) is 2.96. The second kappa shape index (κ2) is 8.08. The molecule has 2 aromatic carbocycles. The number of hydrogen-bond acceptors (Lipinski definition) is 4. The van der Waals surface area contributed by atoms with Gasteiger partial charge in [0.1, 0.15) is 17.3 Å². The highest BCUT2D eigenvalue weighted by Crippen LogP contribution is 2.38. The number of aryl methyl sites for hydroxylation is 1. The summed E-state index contributed by atoms with van der Waals surface area (Å²) < 4.78 is 5.13. The zero-order valence-corrected chi connectivity index (χ0v) is 17.0. The molecular weight excluding hydrogens is 403 g/mol. The maximum Gasteiger partial charge on any atom is 0.253 e. The van der Waals surface area contributed by atoms with Gasteiger partial charge in [-0.3, -0.25) is 15.0 Å². The SMILES string of the molecule is COc1cc(Cl)c(N2NC(=Nc3cc(NC(C)=O)ccc3C)CC2=O)c(Cl)c1. The van der Waals surface area contributed by atoms with E-state index in [4.69, 9.17) is 27.9 Å². The van der Waals surface area contributed by atoms with Crippen LogP contribution in [0.15, 0.2) is 35.3 Å². The minimum absolute atomic E-state index is 0.0580. The predicted molar refractivity (Wildman–Crippen MR) is 111 cm³/mol. The zero-order valence-electron chi connectivity index (χ0n) is 15.5. The number of ether oxygens (including phenoxy) is 1. The number of carbonyl (C=O) groups excluding carboxylic acids is 2. The second-order valence-corrected chi connectivity index (χ2v) is 7.01. The summed E-state index contributed by atoms with van der Waals surface area (Å²) in [5, 5.41) is 4.53. The van der Waals surface area contributed by atoms with Gasteiger partial charge in [0.15, 0.2) is 0 Å². The number of aliphatic imine (C=N–C) groups is 1. The van der Waals surface area contributed by atoms with Gasteiger partial charge in [-0.25, -0.2) is 10.0 Å². The van der Waals surface area contributed by atoms with Gasteiger partial charge in [0.25, 0.3) is 5.91 Å². The Morgan fingerprint density at radius 2 is 1.93 bits per heavy atom. The lowest BCUT2D eigenvalue weighted by Crippen LogP contribution is -2.36. The molecule has 0 radical (unpaired) electrons. The van der Waals surface area contributed by atoms with Gasteiger partial charge in [-0.15, -0.1) is 0 Å². The minimum Gasteiger partial charge on any atom is -0.497 e. The lowest BCUT2D eigenvalue weighted by Gasteiger charge is -2.19. The molecule has 0 unspecified atom stereocenters. The Hall–Kier alpha value is -2.77. The molecular formula is C19H18Cl2N4O3. The minimum atomic E-state index is -0.247. The smallest absolute Gasteiger partial charge is 0.253 e. The second-order valence-electron chi connectivity index (χ2n) is 6.20. The van der Waals surface area contributed by atoms with E-state index in [-0.39, 0.29) is 28.3 Å². The van der Waals surface area contributed by atoms with Crippen molar-refractivity contribution in [2.75, 3.05) is 17.4 Å². The molecule has 2 aromatic rings. The summed E-state index contributed by atoms with van der Waals surface area (Å²) in [6, 6.07) is 8.53. The largest absolute Gasteiger partial charge is 0.497 e. The Labute approximate surface area is 172 Å². The number of benzene rings is 2. The van der Waals surface area contributed by atoms with Crippen molar-refractivity contribution in [3.63, 3.8) is 0 Å². The fourth-order valence-corrected chi connectivity index (χ4v) is 3.36. The molecule has 9 heteroatoms. The highest BCUT2D eigenvalue weighted by molar-refractivity contribution is 6.40. The van der Waals surface area contributed by atoms with Crippen molar-refractivity contribution in [1.82, 2.24) is 5.43 Å². The van der Waals surface area contributed by atoms with Crippen molar-refractivity contribution < 1.29 is 14.3 Å². The number of carbonyl (C=O) groups is 2. The lowest BCUT2D eigenvalue weighted by molar-refractivity contribution is -0.117. The lowest BCUT2D eigenvalue weighted by atomic mass is 10.2. The van der Waals surface area contributed by atoms with Gasteiger partial charge in [-0.2, -0.15) is 0 Å². The molecule has 28 heavy (non-hydrogen) atoms. The Morgan fingerprint density at radius 1 is 1.25 bits per heavy atom. The number of hydrogen-bond donors (Lipinski definition) is 2. The number of nitrogens with one attached hydrogen (secondary N) is 2. The van der Waals surface area contributed by atoms with Crippen LogP contribution in [0.3, 0.4) is 0 Å². The highest BCUT2D eigenvalue weighted by atomic mass is 35.5. The first-order chi connectivity index (χ1) is 13.3. The van der Waals surface area contributed by atoms with Crippen molar-refractivity contribution in [3.8, 4) is 5.75 Å². The van der Waals surface area contributed by atoms with Crippen molar-refractivity contribution >= 4 is 57.9 Å². The molecule has 2 amide bonds. The number of amidine groups is 1. The Balaban J connectivity index is 1.90. The fourth-order valence-electron chi connectivity index (χ4n) is 2.73. The van der Waals surface area contributed by atoms with E-state index in [0.717, 1.165) is 5.56 Å². The van der Waals surface area contributed by atoms with Gasteiger partial charge in [0, 0.05) is 24.7 Å². The first kappa shape index (κ1) is 20.0. The number of methoxy groups -OCH3 is 1. The van der Waals surface area contributed by atoms with Crippen molar-refractivity contribution in [2.45, 2.75) is 20.3 Å². The average molecular weight is 421 g/mol. The van der Waals surface area contributed by atoms with Crippen LogP contribution in [0, 0.1) is 6.92 Å². The summed E-state index contributed by atoms with van der Waals surface area (Å²) >= 11 is 12.6. The van der Waals surface area contributed by atoms with Crippen LogP contribution in [0.2, 0.25) is 10.0 Å². The molecule has 0 aromatic heterocycles. The van der Waals surface area contributed by atoms with Crippen molar-refractivity contribution in [3.05, 3.63) is 45.9 Å². The number of rotatable bonds is 4. The third kappa shape index (κ3) is 4.21. The summed E-state index contributed by atoms with van der Waals surface area (Å²) in [6.07, 6.45) is 0.0580. The van der Waals surface area contributed by atoms with Crippen LogP contribution in [0.4, 0.5) is 17.1 Å². The van der Waals surface area contributed by atoms with Gasteiger partial charge in [0.05, 0.1) is 29.3 Å². The maximum atomic E-state index is 12.5. The van der Waals surface area contributed by atoms with Crippen LogP contribution >= 0.6 is 23.2 Å². The molecule has 146 valence electrons. The third-order valence-electron chi connectivity index (χ3n) is 4.04. The summed E-state index contributed by atoms with van der Waals surface area (Å²) in [6.45, 7) is 3.32. The number of anilines is 2. The summed E-state index contributed by atoms with van der Waals surface area (Å²) in [7, 11) is 1.50. The highest BCUT2D eigenvalue weighted by Gasteiger charge is 2.30. The van der Waals surface area contributed by atoms with E-state index < -0.39 is 0 Å². The quantitative estimate of drug-likeness (QED) is 0.774. The van der Waals surface area contributed by atoms with Gasteiger partial charge in [0.2, 0.25) is 5.91 Å². The van der Waals surface area contributed by atoms with Crippen LogP contribution in [0.5, 0.6) is 5.75 Å². The van der Waals surface area contributed by atoms with E-state index in [9.17, 15) is 9.59 Å². The van der Waals surface area contributed by atoms with E-state index in [1.54, 1.807) is 24.3 Å². The number of nitrogens with zero attached hydrogens (tertiary/aromatic N) is 2. The van der Waals surface area contributed by atoms with Crippen LogP contribution in [0.25, 0.3) is 0 Å². The van der Waals surface area contributed by atoms with Crippen molar-refractivity contribution in [1.29, 1.82) is 0 Å². The van der Waals surface area contributed by atoms with Gasteiger partial charge in [-0.1, -0.05) is 29.3 Å². The number of halogens is 2.